The summed E-state index contributed by atoms with van der Waals surface area (Å²) in [5.41, 5.74) is 1.11. The van der Waals surface area contributed by atoms with Crippen LogP contribution in [0.3, 0.4) is 0 Å². The van der Waals surface area contributed by atoms with Crippen molar-refractivity contribution in [1.29, 1.82) is 0 Å². The molecule has 3 N–H and O–H groups in total. The van der Waals surface area contributed by atoms with Crippen molar-refractivity contribution < 1.29 is 34.4 Å². The molecule has 8 nitrogen and oxygen atoms in total. The number of hydrogen-bond donors (Lipinski definition) is 3. The number of phenols is 2. The third kappa shape index (κ3) is 4.31. The second-order valence-electron chi connectivity index (χ2n) is 8.14. The number of aryl methyl sites for hydroxylation is 1. The first-order valence-corrected chi connectivity index (χ1v) is 11.5. The highest BCUT2D eigenvalue weighted by atomic mass is 35.5. The highest BCUT2D eigenvalue weighted by Gasteiger charge is 2.48. The molecule has 1 aliphatic heterocycles. The Labute approximate surface area is 212 Å². The molecule has 0 radical (unpaired) electrons. The van der Waals surface area contributed by atoms with E-state index in [9.17, 15) is 24.9 Å². The summed E-state index contributed by atoms with van der Waals surface area (Å²) in [6, 6.07) is 12.2. The lowest BCUT2D eigenvalue weighted by molar-refractivity contribution is -0.132. The Morgan fingerprint density at radius 2 is 1.75 bits per heavy atom. The van der Waals surface area contributed by atoms with Gasteiger partial charge in [-0.05, 0) is 73.5 Å². The Hall–Kier alpha value is -4.17. The second kappa shape index (κ2) is 9.83. The fraction of sp³-hybridized carbons (Fsp3) is 0.185. The van der Waals surface area contributed by atoms with E-state index in [4.69, 9.17) is 21.1 Å². The summed E-state index contributed by atoms with van der Waals surface area (Å²) in [6.07, 6.45) is 0. The Balaban J connectivity index is 2.00. The van der Waals surface area contributed by atoms with Crippen LogP contribution in [0.15, 0.2) is 60.2 Å². The van der Waals surface area contributed by atoms with Crippen LogP contribution in [0, 0.1) is 6.92 Å². The van der Waals surface area contributed by atoms with E-state index in [0.29, 0.717) is 22.4 Å². The summed E-state index contributed by atoms with van der Waals surface area (Å²) >= 11 is 6.14. The van der Waals surface area contributed by atoms with Gasteiger partial charge < -0.3 is 24.8 Å². The van der Waals surface area contributed by atoms with Crippen molar-refractivity contribution in [2.75, 3.05) is 18.6 Å². The number of Topliss-reactive ketones (excluding diaryl/α,β-unsaturated/α-hetero) is 1. The zero-order valence-corrected chi connectivity index (χ0v) is 20.5. The van der Waals surface area contributed by atoms with Gasteiger partial charge >= 0.3 is 0 Å². The fourth-order valence-corrected chi connectivity index (χ4v) is 4.40. The third-order valence-electron chi connectivity index (χ3n) is 5.93. The predicted molar refractivity (Wildman–Crippen MR) is 135 cm³/mol. The quantitative estimate of drug-likeness (QED) is 0.240. The van der Waals surface area contributed by atoms with Gasteiger partial charge in [0.25, 0.3) is 11.7 Å². The number of amides is 1. The molecule has 1 unspecified atom stereocenters. The van der Waals surface area contributed by atoms with Crippen molar-refractivity contribution in [2.45, 2.75) is 19.9 Å². The molecule has 36 heavy (non-hydrogen) atoms. The summed E-state index contributed by atoms with van der Waals surface area (Å²) in [5, 5.41) is 32.4. The van der Waals surface area contributed by atoms with Crippen LogP contribution in [-0.4, -0.2) is 40.7 Å². The van der Waals surface area contributed by atoms with Gasteiger partial charge in [0.15, 0.2) is 11.5 Å². The number of ether oxygens (including phenoxy) is 2. The molecule has 186 valence electrons. The molecular weight excluding hydrogens is 486 g/mol. The van der Waals surface area contributed by atoms with Crippen LogP contribution in [0.5, 0.6) is 23.0 Å². The minimum Gasteiger partial charge on any atom is -0.507 e. The number of rotatable bonds is 6. The van der Waals surface area contributed by atoms with Gasteiger partial charge in [-0.3, -0.25) is 14.5 Å². The first-order chi connectivity index (χ1) is 17.2. The first-order valence-electron chi connectivity index (χ1n) is 11.1. The van der Waals surface area contributed by atoms with Crippen molar-refractivity contribution in [1.82, 2.24) is 0 Å². The monoisotopic (exact) mass is 509 g/mol. The number of aliphatic hydroxyl groups is 1. The van der Waals surface area contributed by atoms with Crippen molar-refractivity contribution in [3.05, 3.63) is 81.9 Å². The molecule has 3 aromatic rings. The summed E-state index contributed by atoms with van der Waals surface area (Å²) in [4.78, 5) is 27.8. The van der Waals surface area contributed by atoms with E-state index in [2.05, 4.69) is 0 Å². The SMILES string of the molecule is CCOc1cc(C2/C(=C(\O)c3ccc(OC)cc3C)C(=O)C(=O)N2c2cc(Cl)ccc2O)ccc1O. The molecule has 3 aromatic carbocycles. The van der Waals surface area contributed by atoms with Gasteiger partial charge in [0.1, 0.15) is 17.3 Å². The molecule has 0 bridgehead atoms. The Morgan fingerprint density at radius 3 is 2.42 bits per heavy atom. The number of carbonyl (C=O) groups is 2. The highest BCUT2D eigenvalue weighted by Crippen LogP contribution is 2.47. The molecule has 1 atom stereocenters. The van der Waals surface area contributed by atoms with Gasteiger partial charge in [0.2, 0.25) is 0 Å². The van der Waals surface area contributed by atoms with Crippen molar-refractivity contribution in [3.63, 3.8) is 0 Å². The van der Waals surface area contributed by atoms with Crippen LogP contribution in [0.2, 0.25) is 5.02 Å². The van der Waals surface area contributed by atoms with Gasteiger partial charge in [-0.15, -0.1) is 0 Å². The van der Waals surface area contributed by atoms with E-state index in [1.54, 1.807) is 32.0 Å². The van der Waals surface area contributed by atoms with E-state index in [-0.39, 0.29) is 40.1 Å². The molecule has 0 spiro atoms. The third-order valence-corrected chi connectivity index (χ3v) is 6.16. The Kier molecular flexibility index (Phi) is 6.81. The molecule has 1 saturated heterocycles. The zero-order chi connectivity index (χ0) is 26.1. The molecule has 0 aromatic heterocycles. The smallest absolute Gasteiger partial charge is 0.300 e. The molecule has 1 fully saturated rings. The number of ketones is 1. The number of nitrogens with zero attached hydrogens (tertiary/aromatic N) is 1. The van der Waals surface area contributed by atoms with Gasteiger partial charge in [0, 0.05) is 10.6 Å². The maximum atomic E-state index is 13.4. The number of anilines is 1. The first kappa shape index (κ1) is 24.9. The zero-order valence-electron chi connectivity index (χ0n) is 19.8. The lowest BCUT2D eigenvalue weighted by Gasteiger charge is -2.26. The average Bonchev–Trinajstić information content (AvgIpc) is 3.12. The number of phenolic OH excluding ortho intramolecular Hbond substituents is 2. The highest BCUT2D eigenvalue weighted by molar-refractivity contribution is 6.52. The van der Waals surface area contributed by atoms with E-state index in [1.807, 2.05) is 0 Å². The number of halogens is 1. The number of carbonyl (C=O) groups excluding carboxylic acids is 2. The van der Waals surface area contributed by atoms with E-state index in [1.165, 1.54) is 43.5 Å². The Morgan fingerprint density at radius 1 is 1.03 bits per heavy atom. The summed E-state index contributed by atoms with van der Waals surface area (Å²) in [7, 11) is 1.51. The van der Waals surface area contributed by atoms with Crippen LogP contribution < -0.4 is 14.4 Å². The molecule has 4 rings (SSSR count). The van der Waals surface area contributed by atoms with E-state index >= 15 is 0 Å². The van der Waals surface area contributed by atoms with Crippen molar-refractivity contribution in [2.24, 2.45) is 0 Å². The largest absolute Gasteiger partial charge is 0.507 e. The topological polar surface area (TPSA) is 117 Å². The number of aliphatic hydroxyl groups excluding tert-OH is 1. The molecule has 0 saturated carbocycles. The summed E-state index contributed by atoms with van der Waals surface area (Å²) in [5.74, 6) is -2.02. The molecular formula is C27H24ClNO7. The lowest BCUT2D eigenvalue weighted by atomic mass is 9.93. The number of hydrogen-bond acceptors (Lipinski definition) is 7. The normalized spacial score (nSPS) is 16.9. The molecule has 1 aliphatic rings. The molecule has 1 amide bonds. The van der Waals surface area contributed by atoms with Crippen LogP contribution in [-0.2, 0) is 9.59 Å². The van der Waals surface area contributed by atoms with Gasteiger partial charge in [-0.25, -0.2) is 0 Å². The van der Waals surface area contributed by atoms with E-state index < -0.39 is 23.5 Å². The molecule has 0 aliphatic carbocycles. The molecule has 1 heterocycles. The van der Waals surface area contributed by atoms with Gasteiger partial charge in [-0.2, -0.15) is 0 Å². The van der Waals surface area contributed by atoms with Crippen molar-refractivity contribution >= 4 is 34.7 Å². The van der Waals surface area contributed by atoms with Crippen LogP contribution in [0.25, 0.3) is 5.76 Å². The minimum atomic E-state index is -1.16. The second-order valence-corrected chi connectivity index (χ2v) is 8.58. The average molecular weight is 510 g/mol. The maximum Gasteiger partial charge on any atom is 0.300 e. The predicted octanol–water partition coefficient (Wildman–Crippen LogP) is 5.09. The summed E-state index contributed by atoms with van der Waals surface area (Å²) < 4.78 is 10.7. The number of aromatic hydroxyl groups is 2. The standard InChI is InChI=1S/C27H24ClNO7/c1-4-36-22-12-15(5-9-21(22)31)24-23(25(32)18-8-7-17(35-3)11-14(18)2)26(33)27(34)29(24)19-13-16(28)6-10-20(19)30/h5-13,24,30-32H,4H2,1-3H3/b25-23+. The minimum absolute atomic E-state index is 0.00821. The number of methoxy groups -OCH3 is 1. The number of benzene rings is 3. The van der Waals surface area contributed by atoms with Gasteiger partial charge in [-0.1, -0.05) is 17.7 Å². The fourth-order valence-electron chi connectivity index (χ4n) is 4.23. The lowest BCUT2D eigenvalue weighted by Crippen LogP contribution is -2.29. The maximum absolute atomic E-state index is 13.4. The molecule has 9 heteroatoms. The van der Waals surface area contributed by atoms with E-state index in [0.717, 1.165) is 4.90 Å². The van der Waals surface area contributed by atoms with Crippen LogP contribution in [0.4, 0.5) is 5.69 Å². The summed E-state index contributed by atoms with van der Waals surface area (Å²) in [6.45, 7) is 3.74. The Bertz CT molecular complexity index is 1400. The van der Waals surface area contributed by atoms with Crippen LogP contribution in [0.1, 0.15) is 29.7 Å². The van der Waals surface area contributed by atoms with Crippen LogP contribution >= 0.6 is 11.6 Å². The van der Waals surface area contributed by atoms with Crippen molar-refractivity contribution in [3.8, 4) is 23.0 Å². The van der Waals surface area contributed by atoms with Gasteiger partial charge in [0.05, 0.1) is 31.0 Å².